The highest BCUT2D eigenvalue weighted by molar-refractivity contribution is 6.30. The largest absolute Gasteiger partial charge is 0.508 e. The van der Waals surface area contributed by atoms with Gasteiger partial charge >= 0.3 is 0 Å². The Bertz CT molecular complexity index is 1160. The Balaban J connectivity index is 1.48. The first-order chi connectivity index (χ1) is 15.8. The highest BCUT2D eigenvalue weighted by Crippen LogP contribution is 2.35. The van der Waals surface area contributed by atoms with Gasteiger partial charge in [-0.05, 0) is 91.9 Å². The molecule has 1 aliphatic heterocycles. The van der Waals surface area contributed by atoms with Crippen LogP contribution in [0.5, 0.6) is 17.2 Å². The number of ether oxygens (including phenoxy) is 1. The molecule has 3 aromatic rings. The second-order valence-electron chi connectivity index (χ2n) is 8.45. The summed E-state index contributed by atoms with van der Waals surface area (Å²) in [7, 11) is 0. The standard InChI is InChI=1S/C26H28ClN3O3/c1-15-10-18(31)11-16(2)21(15)14-23(28)26(32)30-25-8-9-29-24-7-6-20(13-22(24)25)33-19-5-3-4-17(27)12-19/h3-7,10-13,23,25,29,31H,8-9,14,28H2,1-2H3,(H,30,32)/t23-,25+/m0/s1. The number of phenols is 1. The van der Waals surface area contributed by atoms with Crippen LogP contribution in [0.4, 0.5) is 5.69 Å². The number of hydrogen-bond acceptors (Lipinski definition) is 5. The maximum Gasteiger partial charge on any atom is 0.237 e. The van der Waals surface area contributed by atoms with Gasteiger partial charge in [0.15, 0.2) is 0 Å². The van der Waals surface area contributed by atoms with E-state index in [-0.39, 0.29) is 17.7 Å². The van der Waals surface area contributed by atoms with Gasteiger partial charge in [0.05, 0.1) is 12.1 Å². The van der Waals surface area contributed by atoms with Crippen LogP contribution in [0.15, 0.2) is 54.6 Å². The van der Waals surface area contributed by atoms with Gasteiger partial charge in [-0.1, -0.05) is 17.7 Å². The molecule has 0 saturated heterocycles. The van der Waals surface area contributed by atoms with Crippen molar-refractivity contribution in [2.45, 2.75) is 38.8 Å². The van der Waals surface area contributed by atoms with Gasteiger partial charge in [-0.2, -0.15) is 0 Å². The Morgan fingerprint density at radius 3 is 2.64 bits per heavy atom. The normalized spacial score (nSPS) is 15.8. The highest BCUT2D eigenvalue weighted by Gasteiger charge is 2.25. The summed E-state index contributed by atoms with van der Waals surface area (Å²) in [5.74, 6) is 1.32. The fraction of sp³-hybridized carbons (Fsp3) is 0.269. The number of aromatic hydroxyl groups is 1. The molecule has 0 unspecified atom stereocenters. The lowest BCUT2D eigenvalue weighted by atomic mass is 9.94. The number of phenolic OH excluding ortho intramolecular Hbond substituents is 1. The van der Waals surface area contributed by atoms with Crippen LogP contribution < -0.4 is 21.1 Å². The quantitative estimate of drug-likeness (QED) is 0.411. The maximum atomic E-state index is 13.0. The number of fused-ring (bicyclic) bond motifs is 1. The summed E-state index contributed by atoms with van der Waals surface area (Å²) in [6.45, 7) is 4.58. The van der Waals surface area contributed by atoms with E-state index in [1.165, 1.54) is 0 Å². The second kappa shape index (κ2) is 9.73. The predicted molar refractivity (Wildman–Crippen MR) is 131 cm³/mol. The molecule has 0 saturated carbocycles. The first-order valence-corrected chi connectivity index (χ1v) is 11.3. The Morgan fingerprint density at radius 1 is 1.18 bits per heavy atom. The number of hydrogen-bond donors (Lipinski definition) is 4. The van der Waals surface area contributed by atoms with Crippen molar-refractivity contribution in [2.24, 2.45) is 5.73 Å². The Labute approximate surface area is 198 Å². The molecule has 3 aromatic carbocycles. The van der Waals surface area contributed by atoms with E-state index < -0.39 is 6.04 Å². The first kappa shape index (κ1) is 23.0. The number of carbonyl (C=O) groups excluding carboxylic acids is 1. The number of aryl methyl sites for hydroxylation is 2. The Kier molecular flexibility index (Phi) is 6.77. The van der Waals surface area contributed by atoms with E-state index in [2.05, 4.69) is 10.6 Å². The zero-order chi connectivity index (χ0) is 23.5. The third-order valence-corrected chi connectivity index (χ3v) is 6.17. The number of rotatable bonds is 6. The van der Waals surface area contributed by atoms with Crippen LogP contribution in [0.3, 0.4) is 0 Å². The molecule has 0 radical (unpaired) electrons. The van der Waals surface area contributed by atoms with Gasteiger partial charge in [-0.25, -0.2) is 0 Å². The number of nitrogens with one attached hydrogen (secondary N) is 2. The minimum Gasteiger partial charge on any atom is -0.508 e. The minimum absolute atomic E-state index is 0.176. The first-order valence-electron chi connectivity index (χ1n) is 11.0. The number of amides is 1. The molecule has 0 aliphatic carbocycles. The number of carbonyl (C=O) groups is 1. The SMILES string of the molecule is Cc1cc(O)cc(C)c1C[C@H](N)C(=O)N[C@@H]1CCNc2ccc(Oc3cccc(Cl)c3)cc21. The Morgan fingerprint density at radius 2 is 1.91 bits per heavy atom. The molecule has 0 fully saturated rings. The number of benzene rings is 3. The van der Waals surface area contributed by atoms with E-state index in [9.17, 15) is 9.90 Å². The van der Waals surface area contributed by atoms with E-state index in [1.54, 1.807) is 24.3 Å². The lowest BCUT2D eigenvalue weighted by molar-refractivity contribution is -0.123. The van der Waals surface area contributed by atoms with Crippen molar-refractivity contribution in [2.75, 3.05) is 11.9 Å². The van der Waals surface area contributed by atoms with E-state index in [0.717, 1.165) is 40.9 Å². The molecule has 1 heterocycles. The van der Waals surface area contributed by atoms with Gasteiger partial charge in [0.2, 0.25) is 5.91 Å². The molecule has 5 N–H and O–H groups in total. The highest BCUT2D eigenvalue weighted by atomic mass is 35.5. The number of anilines is 1. The summed E-state index contributed by atoms with van der Waals surface area (Å²) < 4.78 is 5.97. The molecule has 2 atom stereocenters. The molecule has 4 rings (SSSR count). The molecule has 6 nitrogen and oxygen atoms in total. The van der Waals surface area contributed by atoms with Crippen LogP contribution in [0.25, 0.3) is 0 Å². The summed E-state index contributed by atoms with van der Waals surface area (Å²) in [6.07, 6.45) is 1.14. The van der Waals surface area contributed by atoms with Crippen LogP contribution in [-0.2, 0) is 11.2 Å². The van der Waals surface area contributed by atoms with E-state index >= 15 is 0 Å². The van der Waals surface area contributed by atoms with E-state index in [1.807, 2.05) is 44.2 Å². The summed E-state index contributed by atoms with van der Waals surface area (Å²) in [5.41, 5.74) is 11.0. The second-order valence-corrected chi connectivity index (χ2v) is 8.89. The maximum absolute atomic E-state index is 13.0. The van der Waals surface area contributed by atoms with Crippen molar-refractivity contribution < 1.29 is 14.6 Å². The topological polar surface area (TPSA) is 96.6 Å². The van der Waals surface area contributed by atoms with Gasteiger partial charge in [0.25, 0.3) is 0 Å². The average molecular weight is 466 g/mol. The summed E-state index contributed by atoms with van der Waals surface area (Å²) >= 11 is 6.06. The van der Waals surface area contributed by atoms with Gasteiger partial charge in [0.1, 0.15) is 17.2 Å². The van der Waals surface area contributed by atoms with Crippen molar-refractivity contribution in [3.8, 4) is 17.2 Å². The Hall–Kier alpha value is -3.22. The molecule has 172 valence electrons. The fourth-order valence-corrected chi connectivity index (χ4v) is 4.44. The third-order valence-electron chi connectivity index (χ3n) is 5.94. The van der Waals surface area contributed by atoms with Crippen molar-refractivity contribution in [1.82, 2.24) is 5.32 Å². The lowest BCUT2D eigenvalue weighted by Gasteiger charge is -2.29. The van der Waals surface area contributed by atoms with E-state index in [0.29, 0.717) is 22.9 Å². The summed E-state index contributed by atoms with van der Waals surface area (Å²) in [6, 6.07) is 15.5. The molecule has 33 heavy (non-hydrogen) atoms. The fourth-order valence-electron chi connectivity index (χ4n) is 4.26. The van der Waals surface area contributed by atoms with Crippen molar-refractivity contribution >= 4 is 23.2 Å². The minimum atomic E-state index is -0.698. The lowest BCUT2D eigenvalue weighted by Crippen LogP contribution is -2.44. The van der Waals surface area contributed by atoms with Crippen molar-refractivity contribution in [3.63, 3.8) is 0 Å². The molecule has 0 bridgehead atoms. The number of halogens is 1. The van der Waals surface area contributed by atoms with Gasteiger partial charge < -0.3 is 26.2 Å². The van der Waals surface area contributed by atoms with Gasteiger partial charge in [-0.3, -0.25) is 4.79 Å². The molecule has 0 spiro atoms. The molecule has 1 aliphatic rings. The van der Waals surface area contributed by atoms with Crippen LogP contribution in [0.2, 0.25) is 5.02 Å². The van der Waals surface area contributed by atoms with Crippen LogP contribution in [0.1, 0.15) is 34.7 Å². The molecular weight excluding hydrogens is 438 g/mol. The molecule has 1 amide bonds. The monoisotopic (exact) mass is 465 g/mol. The number of nitrogens with two attached hydrogens (primary N) is 1. The average Bonchev–Trinajstić information content (AvgIpc) is 2.76. The van der Waals surface area contributed by atoms with Crippen LogP contribution in [-0.4, -0.2) is 23.6 Å². The molecule has 7 heteroatoms. The van der Waals surface area contributed by atoms with Crippen LogP contribution >= 0.6 is 11.6 Å². The van der Waals surface area contributed by atoms with Crippen molar-refractivity contribution in [3.05, 3.63) is 81.9 Å². The smallest absolute Gasteiger partial charge is 0.237 e. The molecule has 0 aromatic heterocycles. The van der Waals surface area contributed by atoms with E-state index in [4.69, 9.17) is 22.1 Å². The predicted octanol–water partition coefficient (Wildman–Crippen LogP) is 5.00. The molecular formula is C26H28ClN3O3. The zero-order valence-corrected chi connectivity index (χ0v) is 19.4. The summed E-state index contributed by atoms with van der Waals surface area (Å²) in [4.78, 5) is 13.0. The summed E-state index contributed by atoms with van der Waals surface area (Å²) in [5, 5.41) is 16.9. The zero-order valence-electron chi connectivity index (χ0n) is 18.7. The van der Waals surface area contributed by atoms with Crippen LogP contribution in [0, 0.1) is 13.8 Å². The van der Waals surface area contributed by atoms with Gasteiger partial charge in [-0.15, -0.1) is 0 Å². The van der Waals surface area contributed by atoms with Crippen molar-refractivity contribution in [1.29, 1.82) is 0 Å². The third kappa shape index (κ3) is 5.41. The van der Waals surface area contributed by atoms with Gasteiger partial charge in [0, 0.05) is 22.8 Å².